The second-order valence-corrected chi connectivity index (χ2v) is 20.6. The molecule has 23 heteroatoms. The van der Waals surface area contributed by atoms with Crippen LogP contribution in [0.5, 0.6) is 0 Å². The minimum absolute atomic E-state index is 0.0274. The van der Waals surface area contributed by atoms with Gasteiger partial charge in [-0.3, -0.25) is 24.1 Å². The molecular weight excluding hydrogens is 988 g/mol. The molecule has 0 spiro atoms. The van der Waals surface area contributed by atoms with Gasteiger partial charge >= 0.3 is 35.8 Å². The predicted molar refractivity (Wildman–Crippen MR) is 258 cm³/mol. The summed E-state index contributed by atoms with van der Waals surface area (Å²) in [6, 6.07) is 7.08. The molecule has 5 unspecified atom stereocenters. The maximum atomic E-state index is 13.6. The fourth-order valence-corrected chi connectivity index (χ4v) is 7.51. The third-order valence-corrected chi connectivity index (χ3v) is 11.3. The molecule has 5 atom stereocenters. The SMILES string of the molecule is COC(=O)C(C)CC(C(=O)OC(C)(C)C)n1cc(CN(Cc2cn(C(CC(C)C(=O)OC)C(=O)OC(C)(C)C)nn2)Cc2cn(C(CC(C)(C)C(=O)OCCCOC(=O)CBr)c3ccccc3)nn2)nn1. The van der Waals surface area contributed by atoms with Crippen LogP contribution >= 0.6 is 15.9 Å². The van der Waals surface area contributed by atoms with Crippen molar-refractivity contribution < 1.29 is 57.2 Å². The minimum atomic E-state index is -1.02. The Labute approximate surface area is 422 Å². The maximum absolute atomic E-state index is 13.6. The Morgan fingerprint density at radius 3 is 1.46 bits per heavy atom. The van der Waals surface area contributed by atoms with Crippen LogP contribution in [0.15, 0.2) is 48.9 Å². The van der Waals surface area contributed by atoms with E-state index in [9.17, 15) is 28.8 Å². The van der Waals surface area contributed by atoms with Crippen LogP contribution in [0.1, 0.15) is 136 Å². The van der Waals surface area contributed by atoms with Crippen LogP contribution in [0.25, 0.3) is 0 Å². The summed E-state index contributed by atoms with van der Waals surface area (Å²) in [7, 11) is 2.55. The average Bonchev–Trinajstić information content (AvgIpc) is 4.09. The number of hydrogen-bond acceptors (Lipinski definition) is 19. The van der Waals surface area contributed by atoms with Crippen molar-refractivity contribution in [3.05, 3.63) is 71.6 Å². The van der Waals surface area contributed by atoms with E-state index in [1.54, 1.807) is 92.5 Å². The van der Waals surface area contributed by atoms with Gasteiger partial charge in [0.05, 0.1) is 86.4 Å². The van der Waals surface area contributed by atoms with Gasteiger partial charge < -0.3 is 28.4 Å². The van der Waals surface area contributed by atoms with Gasteiger partial charge in [-0.15, -0.1) is 15.3 Å². The molecule has 3 heterocycles. The Morgan fingerprint density at radius 2 is 1.04 bits per heavy atom. The third kappa shape index (κ3) is 18.2. The van der Waals surface area contributed by atoms with E-state index in [2.05, 4.69) is 46.9 Å². The van der Waals surface area contributed by atoms with Crippen molar-refractivity contribution in [2.24, 2.45) is 17.3 Å². The molecule has 0 amide bonds. The number of halogens is 1. The van der Waals surface area contributed by atoms with E-state index >= 15 is 0 Å². The van der Waals surface area contributed by atoms with Crippen LogP contribution in [0.4, 0.5) is 0 Å². The number of esters is 6. The summed E-state index contributed by atoms with van der Waals surface area (Å²) in [4.78, 5) is 79.1. The highest BCUT2D eigenvalue weighted by Crippen LogP contribution is 2.34. The fraction of sp³-hybridized carbons (Fsp3) is 0.625. The van der Waals surface area contributed by atoms with E-state index in [4.69, 9.17) is 28.4 Å². The number of nitrogens with zero attached hydrogens (tertiary/aromatic N) is 10. The van der Waals surface area contributed by atoms with Crippen molar-refractivity contribution in [2.45, 2.75) is 144 Å². The normalized spacial score (nSPS) is 14.2. The summed E-state index contributed by atoms with van der Waals surface area (Å²) in [6.07, 6.45) is 5.68. The first-order valence-corrected chi connectivity index (χ1v) is 24.4. The fourth-order valence-electron chi connectivity index (χ4n) is 7.35. The van der Waals surface area contributed by atoms with Crippen LogP contribution in [0.3, 0.4) is 0 Å². The Hall–Kier alpha value is -6.10. The van der Waals surface area contributed by atoms with Gasteiger partial charge in [-0.1, -0.05) is 75.7 Å². The smallest absolute Gasteiger partial charge is 0.331 e. The molecule has 0 fully saturated rings. The van der Waals surface area contributed by atoms with E-state index in [-0.39, 0.29) is 57.4 Å². The third-order valence-electron chi connectivity index (χ3n) is 10.8. The van der Waals surface area contributed by atoms with E-state index in [1.165, 1.54) is 23.6 Å². The first-order valence-electron chi connectivity index (χ1n) is 23.3. The summed E-state index contributed by atoms with van der Waals surface area (Å²) in [5.74, 6) is -4.39. The van der Waals surface area contributed by atoms with Crippen molar-refractivity contribution in [1.82, 2.24) is 49.9 Å². The van der Waals surface area contributed by atoms with Crippen LogP contribution < -0.4 is 0 Å². The number of alkyl halides is 1. The van der Waals surface area contributed by atoms with Crippen LogP contribution in [0.2, 0.25) is 0 Å². The molecule has 0 bridgehead atoms. The zero-order chi connectivity index (χ0) is 52.7. The molecule has 0 aliphatic carbocycles. The molecule has 4 rings (SSSR count). The molecule has 0 aliphatic heterocycles. The van der Waals surface area contributed by atoms with Crippen molar-refractivity contribution in [3.63, 3.8) is 0 Å². The second-order valence-electron chi connectivity index (χ2n) is 20.0. The number of rotatable bonds is 26. The lowest BCUT2D eigenvalue weighted by molar-refractivity contribution is -0.162. The van der Waals surface area contributed by atoms with Crippen LogP contribution in [-0.2, 0) is 76.8 Å². The highest BCUT2D eigenvalue weighted by atomic mass is 79.9. The molecule has 0 radical (unpaired) electrons. The Kier molecular flexibility index (Phi) is 20.9. The molecule has 0 N–H and O–H groups in total. The number of hydrogen-bond donors (Lipinski definition) is 0. The highest BCUT2D eigenvalue weighted by Gasteiger charge is 2.36. The zero-order valence-electron chi connectivity index (χ0n) is 42.8. The molecule has 3 aromatic heterocycles. The number of aromatic nitrogens is 9. The van der Waals surface area contributed by atoms with Crippen molar-refractivity contribution in [3.8, 4) is 0 Å². The molecule has 390 valence electrons. The predicted octanol–water partition coefficient (Wildman–Crippen LogP) is 5.70. The molecular formula is C48H69BrN10O12. The first kappa shape index (κ1) is 57.5. The quantitative estimate of drug-likeness (QED) is 0.0316. The first-order chi connectivity index (χ1) is 33.3. The molecule has 22 nitrogen and oxygen atoms in total. The van der Waals surface area contributed by atoms with Gasteiger partial charge in [-0.05, 0) is 80.2 Å². The van der Waals surface area contributed by atoms with Gasteiger partial charge in [0.2, 0.25) is 0 Å². The number of carbonyl (C=O) groups excluding carboxylic acids is 6. The van der Waals surface area contributed by atoms with E-state index in [0.29, 0.717) is 23.5 Å². The monoisotopic (exact) mass is 1060 g/mol. The molecule has 0 saturated heterocycles. The number of ether oxygens (including phenoxy) is 6. The topological polar surface area (TPSA) is 253 Å². The maximum Gasteiger partial charge on any atom is 0.331 e. The molecule has 0 saturated carbocycles. The van der Waals surface area contributed by atoms with Gasteiger partial charge in [0.15, 0.2) is 12.1 Å². The van der Waals surface area contributed by atoms with Crippen molar-refractivity contribution >= 4 is 51.7 Å². The average molecular weight is 1060 g/mol. The second kappa shape index (κ2) is 25.8. The summed E-state index contributed by atoms with van der Waals surface area (Å²) in [5.41, 5.74) is -0.371. The number of benzene rings is 1. The van der Waals surface area contributed by atoms with E-state index < -0.39 is 82.4 Å². The lowest BCUT2D eigenvalue weighted by Crippen LogP contribution is -2.32. The van der Waals surface area contributed by atoms with Gasteiger partial charge in [0.25, 0.3) is 0 Å². The van der Waals surface area contributed by atoms with Crippen molar-refractivity contribution in [1.29, 1.82) is 0 Å². The zero-order valence-corrected chi connectivity index (χ0v) is 44.4. The summed E-state index contributed by atoms with van der Waals surface area (Å²) < 4.78 is 36.5. The van der Waals surface area contributed by atoms with Crippen LogP contribution in [0, 0.1) is 17.3 Å². The Bertz CT molecular complexity index is 2290. The number of carbonyl (C=O) groups is 6. The lowest BCUT2D eigenvalue weighted by Gasteiger charge is -2.28. The van der Waals surface area contributed by atoms with Gasteiger partial charge in [0, 0.05) is 26.1 Å². The Balaban J connectivity index is 1.70. The van der Waals surface area contributed by atoms with Gasteiger partial charge in [-0.25, -0.2) is 23.6 Å². The Morgan fingerprint density at radius 1 is 0.620 bits per heavy atom. The number of methoxy groups -OCH3 is 2. The molecule has 71 heavy (non-hydrogen) atoms. The van der Waals surface area contributed by atoms with E-state index in [1.807, 2.05) is 35.2 Å². The molecule has 0 aliphatic rings. The summed E-state index contributed by atoms with van der Waals surface area (Å²) in [5, 5.41) is 26.7. The highest BCUT2D eigenvalue weighted by molar-refractivity contribution is 9.09. The van der Waals surface area contributed by atoms with Gasteiger partial charge in [0.1, 0.15) is 16.5 Å². The molecule has 1 aromatic carbocycles. The van der Waals surface area contributed by atoms with E-state index in [0.717, 1.165) is 5.56 Å². The summed E-state index contributed by atoms with van der Waals surface area (Å²) in [6.45, 7) is 17.9. The van der Waals surface area contributed by atoms with Gasteiger partial charge in [-0.2, -0.15) is 0 Å². The molecule has 4 aromatic rings. The van der Waals surface area contributed by atoms with Crippen molar-refractivity contribution in [2.75, 3.05) is 32.8 Å². The summed E-state index contributed by atoms with van der Waals surface area (Å²) >= 11 is 3.05. The lowest BCUT2D eigenvalue weighted by atomic mass is 9.83. The largest absolute Gasteiger partial charge is 0.469 e. The van der Waals surface area contributed by atoms with Crippen LogP contribution in [-0.4, -0.2) is 130 Å². The standard InChI is InChI=1S/C48H69BrN10O12/c1-31(41(61)66-11)21-37(43(63)70-46(3,4)5)57-28-34(50-53-57)25-56(26-35-29-58(54-51-35)38(22-32(2)42(62)67-12)44(64)71-47(6,7)8)27-36-30-59(55-52-36)39(33-17-14-13-15-18-33)23-48(9,10)45(65)69-20-16-19-68-40(60)24-49/h13-15,17-18,28-32,37-39H,16,19-27H2,1-12H3. The minimum Gasteiger partial charge on any atom is -0.469 e.